The van der Waals surface area contributed by atoms with Crippen LogP contribution in [0.2, 0.25) is 0 Å². The molecule has 0 saturated carbocycles. The van der Waals surface area contributed by atoms with Gasteiger partial charge in [0.05, 0.1) is 18.2 Å². The normalized spacial score (nSPS) is 21.4. The van der Waals surface area contributed by atoms with E-state index in [2.05, 4.69) is 21.2 Å². The van der Waals surface area contributed by atoms with Crippen LogP contribution in [0.5, 0.6) is 5.75 Å². The van der Waals surface area contributed by atoms with Gasteiger partial charge >= 0.3 is 0 Å². The Morgan fingerprint density at radius 3 is 2.48 bits per heavy atom. The van der Waals surface area contributed by atoms with E-state index in [4.69, 9.17) is 10.00 Å². The number of amides is 1. The van der Waals surface area contributed by atoms with Crippen molar-refractivity contribution in [1.82, 2.24) is 9.80 Å². The maximum atomic E-state index is 13.3. The molecular formula is C24H26F2N4O3. The van der Waals surface area contributed by atoms with Crippen LogP contribution in [0, 0.1) is 23.0 Å². The third kappa shape index (κ3) is 5.85. The van der Waals surface area contributed by atoms with Crippen LogP contribution in [0.1, 0.15) is 18.4 Å². The summed E-state index contributed by atoms with van der Waals surface area (Å²) in [6, 6.07) is 12.6. The molecule has 2 N–H and O–H groups in total. The number of anilines is 1. The molecule has 2 aliphatic heterocycles. The summed E-state index contributed by atoms with van der Waals surface area (Å²) in [5.41, 5.74) is 0.779. The van der Waals surface area contributed by atoms with Gasteiger partial charge in [-0.25, -0.2) is 8.78 Å². The minimum absolute atomic E-state index is 0.155. The molecule has 7 nitrogen and oxygen atoms in total. The molecule has 174 valence electrons. The molecule has 2 aromatic carbocycles. The number of aliphatic hydroxyl groups excluding tert-OH is 1. The molecule has 2 bridgehead atoms. The first-order valence-electron chi connectivity index (χ1n) is 11.0. The first-order chi connectivity index (χ1) is 15.9. The van der Waals surface area contributed by atoms with Crippen LogP contribution < -0.4 is 10.1 Å². The third-order valence-corrected chi connectivity index (χ3v) is 6.13. The van der Waals surface area contributed by atoms with Crippen LogP contribution in [0.15, 0.2) is 42.5 Å². The van der Waals surface area contributed by atoms with Crippen LogP contribution in [0.4, 0.5) is 14.5 Å². The molecule has 0 aliphatic carbocycles. The molecule has 0 spiro atoms. The molecule has 2 saturated heterocycles. The summed E-state index contributed by atoms with van der Waals surface area (Å²) in [4.78, 5) is 16.7. The lowest BCUT2D eigenvalue weighted by Crippen LogP contribution is -2.56. The molecule has 2 heterocycles. The van der Waals surface area contributed by atoms with Crippen LogP contribution in [0.3, 0.4) is 0 Å². The summed E-state index contributed by atoms with van der Waals surface area (Å²) in [5.74, 6) is -1.62. The molecular weight excluding hydrogens is 430 g/mol. The molecule has 1 amide bonds. The Kier molecular flexibility index (Phi) is 7.18. The predicted octanol–water partition coefficient (Wildman–Crippen LogP) is 2.36. The Labute approximate surface area is 191 Å². The fraction of sp³-hybridized carbons (Fsp3) is 0.417. The van der Waals surface area contributed by atoms with Gasteiger partial charge in [-0.1, -0.05) is 0 Å². The van der Waals surface area contributed by atoms with Gasteiger partial charge in [0.2, 0.25) is 5.91 Å². The second-order valence-electron chi connectivity index (χ2n) is 8.55. The number of benzene rings is 2. The number of rotatable bonds is 8. The van der Waals surface area contributed by atoms with Gasteiger partial charge in [-0.3, -0.25) is 14.6 Å². The first-order valence-corrected chi connectivity index (χ1v) is 11.0. The fourth-order valence-electron chi connectivity index (χ4n) is 4.60. The second kappa shape index (κ2) is 10.3. The van der Waals surface area contributed by atoms with Crippen molar-refractivity contribution in [3.63, 3.8) is 0 Å². The fourth-order valence-corrected chi connectivity index (χ4v) is 4.60. The lowest BCUT2D eigenvalue weighted by atomic mass is 10.1. The van der Waals surface area contributed by atoms with Crippen LogP contribution >= 0.6 is 0 Å². The monoisotopic (exact) mass is 456 g/mol. The van der Waals surface area contributed by atoms with E-state index in [0.717, 1.165) is 25.0 Å². The first kappa shape index (κ1) is 23.1. The number of carbonyl (C=O) groups excluding carboxylic acids is 1. The van der Waals surface area contributed by atoms with Crippen LogP contribution in [0.25, 0.3) is 0 Å². The second-order valence-corrected chi connectivity index (χ2v) is 8.55. The number of nitrogens with zero attached hydrogens (tertiary/aromatic N) is 3. The van der Waals surface area contributed by atoms with E-state index in [1.165, 1.54) is 6.07 Å². The van der Waals surface area contributed by atoms with Crippen molar-refractivity contribution < 1.29 is 23.4 Å². The number of carbonyl (C=O) groups is 1. The molecule has 3 unspecified atom stereocenters. The van der Waals surface area contributed by atoms with Gasteiger partial charge in [0.25, 0.3) is 0 Å². The van der Waals surface area contributed by atoms with Crippen molar-refractivity contribution in [1.29, 1.82) is 5.26 Å². The Bertz CT molecular complexity index is 1010. The number of aliphatic hydroxyl groups is 1. The topological polar surface area (TPSA) is 88.8 Å². The van der Waals surface area contributed by atoms with Crippen molar-refractivity contribution in [2.24, 2.45) is 0 Å². The average molecular weight is 456 g/mol. The highest BCUT2D eigenvalue weighted by atomic mass is 19.2. The van der Waals surface area contributed by atoms with Gasteiger partial charge in [-0.05, 0) is 49.2 Å². The molecule has 9 heteroatoms. The third-order valence-electron chi connectivity index (χ3n) is 6.13. The number of nitrogens with one attached hydrogen (secondary N) is 1. The van der Waals surface area contributed by atoms with Gasteiger partial charge in [0.15, 0.2) is 11.6 Å². The minimum atomic E-state index is -0.999. The molecule has 3 atom stereocenters. The molecule has 2 aromatic rings. The van der Waals surface area contributed by atoms with Crippen molar-refractivity contribution in [2.75, 3.05) is 38.1 Å². The van der Waals surface area contributed by atoms with E-state index in [9.17, 15) is 18.7 Å². The Morgan fingerprint density at radius 2 is 1.85 bits per heavy atom. The smallest absolute Gasteiger partial charge is 0.238 e. The van der Waals surface area contributed by atoms with Gasteiger partial charge in [0, 0.05) is 43.5 Å². The van der Waals surface area contributed by atoms with Crippen molar-refractivity contribution >= 4 is 11.6 Å². The number of fused-ring (bicyclic) bond motifs is 2. The minimum Gasteiger partial charge on any atom is -0.491 e. The van der Waals surface area contributed by atoms with Crippen molar-refractivity contribution in [3.8, 4) is 11.8 Å². The standard InChI is InChI=1S/C24H26F2N4O3/c25-22-8-3-17(9-23(22)26)28-24(32)14-29-11-18-4-5-19(12-29)30(18)13-20(31)15-33-21-6-1-16(10-27)2-7-21/h1-3,6-9,18-20,31H,4-5,11-15H2,(H,28,32). The molecule has 0 aromatic heterocycles. The molecule has 2 aliphatic rings. The van der Waals surface area contributed by atoms with Gasteiger partial charge < -0.3 is 15.2 Å². The van der Waals surface area contributed by atoms with E-state index in [-0.39, 0.29) is 36.8 Å². The Hall–Kier alpha value is -3.06. The predicted molar refractivity (Wildman–Crippen MR) is 118 cm³/mol. The lowest BCUT2D eigenvalue weighted by Gasteiger charge is -2.41. The highest BCUT2D eigenvalue weighted by Crippen LogP contribution is 2.30. The van der Waals surface area contributed by atoms with Crippen LogP contribution in [-0.4, -0.2) is 71.8 Å². The molecule has 33 heavy (non-hydrogen) atoms. The van der Waals surface area contributed by atoms with Gasteiger partial charge in [-0.15, -0.1) is 0 Å². The number of nitriles is 1. The molecule has 2 fully saturated rings. The SMILES string of the molecule is N#Cc1ccc(OCC(O)CN2C3CCC2CN(CC(=O)Nc2ccc(F)c(F)c2)C3)cc1. The largest absolute Gasteiger partial charge is 0.491 e. The zero-order valence-corrected chi connectivity index (χ0v) is 18.1. The Morgan fingerprint density at radius 1 is 1.15 bits per heavy atom. The number of likely N-dealkylation sites (tertiary alicyclic amines) is 1. The maximum Gasteiger partial charge on any atom is 0.238 e. The van der Waals surface area contributed by atoms with Crippen molar-refractivity contribution in [2.45, 2.75) is 31.0 Å². The molecule has 4 rings (SSSR count). The van der Waals surface area contributed by atoms with E-state index in [1.54, 1.807) is 24.3 Å². The number of ether oxygens (including phenoxy) is 1. The number of hydrogen-bond donors (Lipinski definition) is 2. The number of piperazine rings is 1. The highest BCUT2D eigenvalue weighted by molar-refractivity contribution is 5.92. The summed E-state index contributed by atoms with van der Waals surface area (Å²) >= 11 is 0. The van der Waals surface area contributed by atoms with E-state index in [0.29, 0.717) is 30.9 Å². The zero-order valence-electron chi connectivity index (χ0n) is 18.1. The summed E-state index contributed by atoms with van der Waals surface area (Å²) in [6.07, 6.45) is 1.33. The number of hydrogen-bond acceptors (Lipinski definition) is 6. The van der Waals surface area contributed by atoms with E-state index >= 15 is 0 Å². The summed E-state index contributed by atoms with van der Waals surface area (Å²) in [5, 5.41) is 22.0. The molecule has 0 radical (unpaired) electrons. The summed E-state index contributed by atoms with van der Waals surface area (Å²) in [6.45, 7) is 2.21. The van der Waals surface area contributed by atoms with E-state index < -0.39 is 17.7 Å². The quantitative estimate of drug-likeness (QED) is 0.634. The van der Waals surface area contributed by atoms with Crippen LogP contribution in [-0.2, 0) is 4.79 Å². The highest BCUT2D eigenvalue weighted by Gasteiger charge is 2.40. The summed E-state index contributed by atoms with van der Waals surface area (Å²) in [7, 11) is 0. The maximum absolute atomic E-state index is 13.3. The average Bonchev–Trinajstić information content (AvgIpc) is 3.02. The van der Waals surface area contributed by atoms with Crippen molar-refractivity contribution in [3.05, 3.63) is 59.7 Å². The lowest BCUT2D eigenvalue weighted by molar-refractivity contribution is -0.118. The van der Waals surface area contributed by atoms with Gasteiger partial charge in [0.1, 0.15) is 18.5 Å². The number of halogens is 2. The zero-order chi connectivity index (χ0) is 23.4. The van der Waals surface area contributed by atoms with Gasteiger partial charge in [-0.2, -0.15) is 5.26 Å². The summed E-state index contributed by atoms with van der Waals surface area (Å²) < 4.78 is 32.0. The Balaban J connectivity index is 1.24. The van der Waals surface area contributed by atoms with E-state index in [1.807, 2.05) is 0 Å².